The lowest BCUT2D eigenvalue weighted by Gasteiger charge is -2.04. The summed E-state index contributed by atoms with van der Waals surface area (Å²) in [5.41, 5.74) is 1.73. The third-order valence-corrected chi connectivity index (χ3v) is 2.98. The van der Waals surface area contributed by atoms with Gasteiger partial charge in [-0.2, -0.15) is 0 Å². The fraction of sp³-hybridized carbons (Fsp3) is 0.364. The van der Waals surface area contributed by atoms with E-state index in [-0.39, 0.29) is 5.78 Å². The Morgan fingerprint density at radius 3 is 2.94 bits per heavy atom. The second-order valence-electron chi connectivity index (χ2n) is 3.19. The second kappa shape index (κ2) is 8.05. The molecule has 5 heteroatoms. The Morgan fingerprint density at radius 1 is 1.44 bits per heavy atom. The van der Waals surface area contributed by atoms with E-state index in [1.165, 1.54) is 9.21 Å². The highest BCUT2D eigenvalue weighted by molar-refractivity contribution is 14.2. The van der Waals surface area contributed by atoms with E-state index in [0.717, 1.165) is 11.1 Å². The Morgan fingerprint density at radius 2 is 2.25 bits per heavy atom. The zero-order valence-corrected chi connectivity index (χ0v) is 11.9. The molecule has 16 heavy (non-hydrogen) atoms. The molecule has 1 aromatic carbocycles. The number of halogens is 1. The molecule has 0 saturated heterocycles. The maximum absolute atomic E-state index is 11.1. The lowest BCUT2D eigenvalue weighted by molar-refractivity contribution is 0.0954. The van der Waals surface area contributed by atoms with Crippen LogP contribution in [0.4, 0.5) is 0 Å². The molecule has 0 fully saturated rings. The number of hydrogen-bond acceptors (Lipinski definition) is 4. The Bertz CT molecular complexity index is 344. The summed E-state index contributed by atoms with van der Waals surface area (Å²) >= 11 is 2.06. The van der Waals surface area contributed by atoms with Gasteiger partial charge in [-0.1, -0.05) is 18.2 Å². The van der Waals surface area contributed by atoms with E-state index >= 15 is 0 Å². The van der Waals surface area contributed by atoms with Crippen LogP contribution in [0.15, 0.2) is 24.3 Å². The summed E-state index contributed by atoms with van der Waals surface area (Å²) in [6.07, 6.45) is 0. The van der Waals surface area contributed by atoms with E-state index in [9.17, 15) is 4.79 Å². The molecule has 1 rings (SSSR count). The van der Waals surface area contributed by atoms with Crippen molar-refractivity contribution in [2.75, 3.05) is 13.2 Å². The Labute approximate surface area is 112 Å². The highest BCUT2D eigenvalue weighted by atomic mass is 127. The molecule has 0 amide bonds. The van der Waals surface area contributed by atoms with Gasteiger partial charge in [-0.05, 0) is 18.6 Å². The lowest BCUT2D eigenvalue weighted by Crippen LogP contribution is -2.01. The maximum Gasteiger partial charge on any atom is 0.159 e. The van der Waals surface area contributed by atoms with E-state index in [2.05, 4.69) is 21.2 Å². The quantitative estimate of drug-likeness (QED) is 0.326. The van der Waals surface area contributed by atoms with Crippen LogP contribution >= 0.6 is 30.4 Å². The van der Waals surface area contributed by atoms with Gasteiger partial charge in [-0.15, -0.1) is 0 Å². The lowest BCUT2D eigenvalue weighted by atomic mass is 10.1. The van der Waals surface area contributed by atoms with Crippen molar-refractivity contribution in [2.24, 2.45) is 0 Å². The highest BCUT2D eigenvalue weighted by Gasteiger charge is 2.00. The first-order valence-corrected chi connectivity index (χ1v) is 8.10. The molecule has 0 aromatic heterocycles. The molecule has 0 unspecified atom stereocenters. The number of Topliss-reactive ketones (excluding diaryl/α,β-unsaturated/α-hetero) is 1. The Balaban J connectivity index is 2.36. The van der Waals surface area contributed by atoms with Crippen molar-refractivity contribution in [2.45, 2.75) is 13.5 Å². The van der Waals surface area contributed by atoms with Gasteiger partial charge in [0.1, 0.15) is 0 Å². The Kier molecular flexibility index (Phi) is 7.02. The van der Waals surface area contributed by atoms with Crippen molar-refractivity contribution in [3.63, 3.8) is 0 Å². The SMILES string of the molecule is CC(=O)c1cccc(COCCOSI)c1. The van der Waals surface area contributed by atoms with Crippen molar-refractivity contribution in [3.05, 3.63) is 35.4 Å². The predicted octanol–water partition coefficient (Wildman–Crippen LogP) is 3.42. The molecule has 0 atom stereocenters. The number of ether oxygens (including phenoxy) is 1. The maximum atomic E-state index is 11.1. The number of rotatable bonds is 7. The van der Waals surface area contributed by atoms with Gasteiger partial charge in [0.2, 0.25) is 0 Å². The molecule has 88 valence electrons. The van der Waals surface area contributed by atoms with Crippen molar-refractivity contribution < 1.29 is 13.7 Å². The summed E-state index contributed by atoms with van der Waals surface area (Å²) in [4.78, 5) is 11.1. The zero-order chi connectivity index (χ0) is 11.8. The van der Waals surface area contributed by atoms with Gasteiger partial charge in [-0.25, -0.2) is 0 Å². The van der Waals surface area contributed by atoms with E-state index in [4.69, 9.17) is 8.92 Å². The third-order valence-electron chi connectivity index (χ3n) is 1.96. The van der Waals surface area contributed by atoms with Crippen LogP contribution in [0.1, 0.15) is 22.8 Å². The van der Waals surface area contributed by atoms with E-state index in [1.54, 1.807) is 6.92 Å². The molecular weight excluding hydrogens is 339 g/mol. The zero-order valence-electron chi connectivity index (χ0n) is 8.94. The van der Waals surface area contributed by atoms with Crippen LogP contribution in [-0.2, 0) is 15.5 Å². The van der Waals surface area contributed by atoms with E-state index < -0.39 is 0 Å². The average molecular weight is 352 g/mol. The number of carbonyl (C=O) groups excluding carboxylic acids is 1. The molecule has 3 nitrogen and oxygen atoms in total. The topological polar surface area (TPSA) is 35.5 Å². The minimum atomic E-state index is 0.0755. The molecule has 0 spiro atoms. The highest BCUT2D eigenvalue weighted by Crippen LogP contribution is 2.11. The standard InChI is InChI=1S/C11H13IO3S/c1-9(13)11-4-2-3-10(7-11)8-14-5-6-15-16-12/h2-4,7H,5-6,8H2,1H3. The molecule has 0 N–H and O–H groups in total. The summed E-state index contributed by atoms with van der Waals surface area (Å²) in [5, 5.41) is 0. The third kappa shape index (κ3) is 5.29. The van der Waals surface area contributed by atoms with Crippen molar-refractivity contribution in [3.8, 4) is 0 Å². The number of carbonyl (C=O) groups is 1. The van der Waals surface area contributed by atoms with Crippen LogP contribution in [0.5, 0.6) is 0 Å². The first kappa shape index (κ1) is 14.0. The number of ketones is 1. The normalized spacial score (nSPS) is 10.4. The van der Waals surface area contributed by atoms with Gasteiger partial charge in [0.05, 0.1) is 29.0 Å². The monoisotopic (exact) mass is 352 g/mol. The number of hydrogen-bond donors (Lipinski definition) is 0. The van der Waals surface area contributed by atoms with Crippen LogP contribution in [0.25, 0.3) is 0 Å². The summed E-state index contributed by atoms with van der Waals surface area (Å²) in [5.74, 6) is 0.0755. The van der Waals surface area contributed by atoms with Gasteiger partial charge in [-0.3, -0.25) is 4.79 Å². The van der Waals surface area contributed by atoms with Crippen LogP contribution in [-0.4, -0.2) is 19.0 Å². The summed E-state index contributed by atoms with van der Waals surface area (Å²) in [7, 11) is 1.30. The van der Waals surface area contributed by atoms with Crippen molar-refractivity contribution >= 4 is 36.2 Å². The molecule has 1 aromatic rings. The molecule has 0 bridgehead atoms. The largest absolute Gasteiger partial charge is 0.374 e. The van der Waals surface area contributed by atoms with Crippen LogP contribution < -0.4 is 0 Å². The molecular formula is C11H13IO3S. The van der Waals surface area contributed by atoms with Gasteiger partial charge in [0.15, 0.2) is 5.78 Å². The van der Waals surface area contributed by atoms with Crippen LogP contribution in [0.3, 0.4) is 0 Å². The van der Waals surface area contributed by atoms with Gasteiger partial charge < -0.3 is 8.92 Å². The van der Waals surface area contributed by atoms with Crippen molar-refractivity contribution in [1.29, 1.82) is 0 Å². The number of benzene rings is 1. The second-order valence-corrected chi connectivity index (χ2v) is 4.63. The fourth-order valence-corrected chi connectivity index (χ4v) is 1.86. The molecule has 0 radical (unpaired) electrons. The van der Waals surface area contributed by atoms with Gasteiger partial charge in [0, 0.05) is 26.8 Å². The first-order valence-electron chi connectivity index (χ1n) is 4.82. The smallest absolute Gasteiger partial charge is 0.159 e. The summed E-state index contributed by atoms with van der Waals surface area (Å²) in [6.45, 7) is 3.20. The molecule has 0 aliphatic heterocycles. The fourth-order valence-electron chi connectivity index (χ4n) is 1.19. The van der Waals surface area contributed by atoms with Gasteiger partial charge >= 0.3 is 0 Å². The average Bonchev–Trinajstić information content (AvgIpc) is 2.29. The van der Waals surface area contributed by atoms with E-state index in [1.807, 2.05) is 24.3 Å². The van der Waals surface area contributed by atoms with Crippen LogP contribution in [0, 0.1) is 0 Å². The first-order chi connectivity index (χ1) is 7.74. The van der Waals surface area contributed by atoms with Gasteiger partial charge in [0.25, 0.3) is 0 Å². The Hall–Kier alpha value is -0.110. The van der Waals surface area contributed by atoms with Crippen LogP contribution in [0.2, 0.25) is 0 Å². The summed E-state index contributed by atoms with van der Waals surface area (Å²) < 4.78 is 10.5. The molecule has 0 aliphatic carbocycles. The summed E-state index contributed by atoms with van der Waals surface area (Å²) in [6, 6.07) is 7.48. The molecule has 0 aliphatic rings. The minimum absolute atomic E-state index is 0.0755. The molecule has 0 heterocycles. The predicted molar refractivity (Wildman–Crippen MR) is 73.7 cm³/mol. The van der Waals surface area contributed by atoms with E-state index in [0.29, 0.717) is 19.8 Å². The van der Waals surface area contributed by atoms with Crippen molar-refractivity contribution in [1.82, 2.24) is 0 Å². The molecule has 0 saturated carbocycles. The minimum Gasteiger partial charge on any atom is -0.374 e.